The highest BCUT2D eigenvalue weighted by Crippen LogP contribution is 2.49. The third-order valence-corrected chi connectivity index (χ3v) is 4.45. The molecule has 0 saturated heterocycles. The average molecular weight is 269 g/mol. The number of amides is 1. The van der Waals surface area contributed by atoms with E-state index >= 15 is 0 Å². The lowest BCUT2D eigenvalue weighted by Crippen LogP contribution is -2.38. The van der Waals surface area contributed by atoms with Crippen LogP contribution in [0.2, 0.25) is 0 Å². The second-order valence-electron chi connectivity index (χ2n) is 5.71. The van der Waals surface area contributed by atoms with Gasteiger partial charge >= 0.3 is 5.97 Å². The standard InChI is InChI=1S/C14H23NO4/c1-19-12(14(17)18)8-15-13(16)11-7-10(11)9-5-3-2-4-6-9/h9-12H,2-8H2,1H3,(H,15,16)(H,17,18). The first-order valence-corrected chi connectivity index (χ1v) is 7.16. The summed E-state index contributed by atoms with van der Waals surface area (Å²) in [7, 11) is 1.34. The Balaban J connectivity index is 1.71. The van der Waals surface area contributed by atoms with Gasteiger partial charge in [-0.2, -0.15) is 0 Å². The third kappa shape index (κ3) is 3.69. The Hall–Kier alpha value is -1.10. The van der Waals surface area contributed by atoms with Crippen LogP contribution in [0.1, 0.15) is 38.5 Å². The largest absolute Gasteiger partial charge is 0.479 e. The zero-order valence-corrected chi connectivity index (χ0v) is 11.4. The Kier molecular flexibility index (Phi) is 4.80. The molecule has 108 valence electrons. The Morgan fingerprint density at radius 3 is 2.58 bits per heavy atom. The maximum absolute atomic E-state index is 11.9. The summed E-state index contributed by atoms with van der Waals surface area (Å²) in [5, 5.41) is 11.5. The maximum atomic E-state index is 11.9. The van der Waals surface area contributed by atoms with Crippen molar-refractivity contribution >= 4 is 11.9 Å². The number of rotatable bonds is 6. The molecule has 1 amide bonds. The van der Waals surface area contributed by atoms with Crippen LogP contribution in [0.15, 0.2) is 0 Å². The minimum absolute atomic E-state index is 0.00104. The fourth-order valence-corrected chi connectivity index (χ4v) is 3.20. The molecule has 2 aliphatic carbocycles. The summed E-state index contributed by atoms with van der Waals surface area (Å²) in [5.41, 5.74) is 0. The van der Waals surface area contributed by atoms with Crippen LogP contribution in [-0.4, -0.2) is 36.7 Å². The summed E-state index contributed by atoms with van der Waals surface area (Å²) in [6.07, 6.45) is 6.45. The van der Waals surface area contributed by atoms with Crippen LogP contribution in [0.25, 0.3) is 0 Å². The van der Waals surface area contributed by atoms with E-state index in [0.29, 0.717) is 11.8 Å². The zero-order chi connectivity index (χ0) is 13.8. The quantitative estimate of drug-likeness (QED) is 0.764. The van der Waals surface area contributed by atoms with Gasteiger partial charge in [0.05, 0.1) is 6.54 Å². The van der Waals surface area contributed by atoms with Gasteiger partial charge in [0.15, 0.2) is 6.10 Å². The number of carboxylic acids is 1. The van der Waals surface area contributed by atoms with E-state index in [0.717, 1.165) is 6.42 Å². The number of carbonyl (C=O) groups excluding carboxylic acids is 1. The predicted octanol–water partition coefficient (Wildman–Crippen LogP) is 1.42. The minimum Gasteiger partial charge on any atom is -0.479 e. The van der Waals surface area contributed by atoms with E-state index < -0.39 is 12.1 Å². The van der Waals surface area contributed by atoms with Gasteiger partial charge in [0.1, 0.15) is 0 Å². The molecule has 2 fully saturated rings. The van der Waals surface area contributed by atoms with Gasteiger partial charge in [-0.1, -0.05) is 32.1 Å². The summed E-state index contributed by atoms with van der Waals surface area (Å²) in [6.45, 7) is 0.0541. The van der Waals surface area contributed by atoms with E-state index in [-0.39, 0.29) is 18.4 Å². The molecule has 0 aromatic heterocycles. The highest BCUT2D eigenvalue weighted by molar-refractivity contribution is 5.82. The van der Waals surface area contributed by atoms with E-state index in [1.54, 1.807) is 0 Å². The number of ether oxygens (including phenoxy) is 1. The molecule has 5 heteroatoms. The smallest absolute Gasteiger partial charge is 0.334 e. The highest BCUT2D eigenvalue weighted by Gasteiger charge is 2.47. The number of methoxy groups -OCH3 is 1. The molecular weight excluding hydrogens is 246 g/mol. The third-order valence-electron chi connectivity index (χ3n) is 4.45. The molecule has 3 unspecified atom stereocenters. The molecule has 0 heterocycles. The van der Waals surface area contributed by atoms with Crippen molar-refractivity contribution in [3.8, 4) is 0 Å². The average Bonchev–Trinajstić information content (AvgIpc) is 3.20. The SMILES string of the molecule is COC(CNC(=O)C1CC1C1CCCCC1)C(=O)O. The first-order chi connectivity index (χ1) is 9.13. The van der Waals surface area contributed by atoms with Crippen molar-refractivity contribution in [2.45, 2.75) is 44.6 Å². The molecule has 2 N–H and O–H groups in total. The summed E-state index contributed by atoms with van der Waals surface area (Å²) in [6, 6.07) is 0. The van der Waals surface area contributed by atoms with Gasteiger partial charge in [-0.05, 0) is 18.3 Å². The molecule has 0 aromatic carbocycles. The first kappa shape index (κ1) is 14.3. The van der Waals surface area contributed by atoms with Crippen LogP contribution in [0, 0.1) is 17.8 Å². The minimum atomic E-state index is -1.04. The van der Waals surface area contributed by atoms with Gasteiger partial charge in [0.25, 0.3) is 0 Å². The summed E-state index contributed by atoms with van der Waals surface area (Å²) in [5.74, 6) is 0.309. The second kappa shape index (κ2) is 6.37. The van der Waals surface area contributed by atoms with Gasteiger partial charge in [0, 0.05) is 13.0 Å². The van der Waals surface area contributed by atoms with Gasteiger partial charge in [-0.25, -0.2) is 4.79 Å². The lowest BCUT2D eigenvalue weighted by molar-refractivity contribution is -0.148. The molecule has 2 rings (SSSR count). The molecular formula is C14H23NO4. The van der Waals surface area contributed by atoms with E-state index in [1.165, 1.54) is 39.2 Å². The van der Waals surface area contributed by atoms with Gasteiger partial charge in [0.2, 0.25) is 5.91 Å². The van der Waals surface area contributed by atoms with Crippen molar-refractivity contribution in [3.05, 3.63) is 0 Å². The lowest BCUT2D eigenvalue weighted by Gasteiger charge is -2.21. The van der Waals surface area contributed by atoms with Crippen LogP contribution in [0.5, 0.6) is 0 Å². The molecule has 19 heavy (non-hydrogen) atoms. The first-order valence-electron chi connectivity index (χ1n) is 7.16. The fourth-order valence-electron chi connectivity index (χ4n) is 3.20. The maximum Gasteiger partial charge on any atom is 0.334 e. The fraction of sp³-hybridized carbons (Fsp3) is 0.857. The van der Waals surface area contributed by atoms with Crippen molar-refractivity contribution in [2.75, 3.05) is 13.7 Å². The molecule has 0 aliphatic heterocycles. The monoisotopic (exact) mass is 269 g/mol. The highest BCUT2D eigenvalue weighted by atomic mass is 16.5. The molecule has 0 spiro atoms. The van der Waals surface area contributed by atoms with Crippen molar-refractivity contribution in [2.24, 2.45) is 17.8 Å². The van der Waals surface area contributed by atoms with Gasteiger partial charge in [-0.3, -0.25) is 4.79 Å². The Bertz CT molecular complexity index is 338. The molecule has 3 atom stereocenters. The van der Waals surface area contributed by atoms with E-state index in [1.807, 2.05) is 0 Å². The van der Waals surface area contributed by atoms with Crippen LogP contribution < -0.4 is 5.32 Å². The summed E-state index contributed by atoms with van der Waals surface area (Å²) < 4.78 is 4.79. The van der Waals surface area contributed by atoms with Crippen molar-refractivity contribution in [3.63, 3.8) is 0 Å². The number of carboxylic acid groups (broad SMARTS) is 1. The zero-order valence-electron chi connectivity index (χ0n) is 11.4. The lowest BCUT2D eigenvalue weighted by atomic mass is 9.85. The van der Waals surface area contributed by atoms with Gasteiger partial charge in [-0.15, -0.1) is 0 Å². The van der Waals surface area contributed by atoms with Crippen molar-refractivity contribution in [1.82, 2.24) is 5.32 Å². The summed E-state index contributed by atoms with van der Waals surface area (Å²) >= 11 is 0. The number of hydrogen-bond donors (Lipinski definition) is 2. The number of hydrogen-bond acceptors (Lipinski definition) is 3. The molecule has 0 radical (unpaired) electrons. The molecule has 2 saturated carbocycles. The second-order valence-corrected chi connectivity index (χ2v) is 5.71. The van der Waals surface area contributed by atoms with E-state index in [2.05, 4.69) is 5.32 Å². The van der Waals surface area contributed by atoms with Crippen LogP contribution in [0.3, 0.4) is 0 Å². The molecule has 2 aliphatic rings. The number of aliphatic carboxylic acids is 1. The Morgan fingerprint density at radius 1 is 1.32 bits per heavy atom. The number of carbonyl (C=O) groups is 2. The predicted molar refractivity (Wildman–Crippen MR) is 69.6 cm³/mol. The van der Waals surface area contributed by atoms with Gasteiger partial charge < -0.3 is 15.2 Å². The van der Waals surface area contributed by atoms with E-state index in [4.69, 9.17) is 9.84 Å². The van der Waals surface area contributed by atoms with Crippen molar-refractivity contribution < 1.29 is 19.4 Å². The molecule has 0 bridgehead atoms. The van der Waals surface area contributed by atoms with Crippen LogP contribution in [-0.2, 0) is 14.3 Å². The van der Waals surface area contributed by atoms with Crippen LogP contribution in [0.4, 0.5) is 0 Å². The Morgan fingerprint density at radius 2 is 2.00 bits per heavy atom. The summed E-state index contributed by atoms with van der Waals surface area (Å²) in [4.78, 5) is 22.7. The number of nitrogens with one attached hydrogen (secondary N) is 1. The normalized spacial score (nSPS) is 28.7. The topological polar surface area (TPSA) is 75.6 Å². The van der Waals surface area contributed by atoms with Crippen LogP contribution >= 0.6 is 0 Å². The molecule has 0 aromatic rings. The Labute approximate surface area is 113 Å². The van der Waals surface area contributed by atoms with E-state index in [9.17, 15) is 9.59 Å². The van der Waals surface area contributed by atoms with Crippen molar-refractivity contribution in [1.29, 1.82) is 0 Å². The molecule has 5 nitrogen and oxygen atoms in total.